The second-order valence-corrected chi connectivity index (χ2v) is 6.43. The van der Waals surface area contributed by atoms with Crippen molar-refractivity contribution in [3.05, 3.63) is 59.9 Å². The molecule has 6 nitrogen and oxygen atoms in total. The Labute approximate surface area is 148 Å². The molecule has 0 unspecified atom stereocenters. The zero-order valence-electron chi connectivity index (χ0n) is 14.5. The summed E-state index contributed by atoms with van der Waals surface area (Å²) in [7, 11) is 1.95. The van der Waals surface area contributed by atoms with Crippen LogP contribution in [0.5, 0.6) is 0 Å². The fourth-order valence-electron chi connectivity index (χ4n) is 3.13. The highest BCUT2D eigenvalue weighted by atomic mass is 16.5. The highest BCUT2D eigenvalue weighted by molar-refractivity contribution is 5.74. The Morgan fingerprint density at radius 2 is 2.16 bits per heavy atom. The summed E-state index contributed by atoms with van der Waals surface area (Å²) in [6.07, 6.45) is 3.78. The molecule has 1 aromatic heterocycles. The number of carbonyl (C=O) groups is 1. The molecule has 0 radical (unpaired) electrons. The van der Waals surface area contributed by atoms with E-state index in [-0.39, 0.29) is 12.1 Å². The Kier molecular flexibility index (Phi) is 5.73. The Hall–Kier alpha value is -2.31. The number of urea groups is 1. The number of nitrogens with zero attached hydrogens (tertiary/aromatic N) is 2. The summed E-state index contributed by atoms with van der Waals surface area (Å²) in [5, 5.41) is 13.4. The van der Waals surface area contributed by atoms with Gasteiger partial charge in [0, 0.05) is 39.0 Å². The summed E-state index contributed by atoms with van der Waals surface area (Å²) in [6.45, 7) is 2.00. The summed E-state index contributed by atoms with van der Waals surface area (Å²) < 4.78 is 7.48. The van der Waals surface area contributed by atoms with Gasteiger partial charge in [-0.05, 0) is 17.2 Å². The number of morpholine rings is 1. The normalized spacial score (nSPS) is 18.8. The van der Waals surface area contributed by atoms with Crippen LogP contribution in [0.2, 0.25) is 0 Å². The lowest BCUT2D eigenvalue weighted by atomic mass is 10.0. The molecule has 2 amide bonds. The van der Waals surface area contributed by atoms with Gasteiger partial charge in [0.2, 0.25) is 0 Å². The van der Waals surface area contributed by atoms with Crippen LogP contribution in [0.25, 0.3) is 0 Å². The van der Waals surface area contributed by atoms with Crippen LogP contribution in [0.4, 0.5) is 4.79 Å². The minimum absolute atomic E-state index is 0.114. The van der Waals surface area contributed by atoms with E-state index in [0.29, 0.717) is 32.7 Å². The molecule has 134 valence electrons. The standard InChI is InChI=1S/C19H25N3O3/c1-21-8-7-15(13-21)12-20-19(24)22-9-10-25-14-17(22)11-18(23)16-5-3-2-4-6-16/h2-8,13,17-18,23H,9-12,14H2,1H3,(H,20,24)/t17-,18-/m1/s1. The van der Waals surface area contributed by atoms with Crippen molar-refractivity contribution in [1.29, 1.82) is 0 Å². The Morgan fingerprint density at radius 1 is 1.36 bits per heavy atom. The van der Waals surface area contributed by atoms with E-state index in [2.05, 4.69) is 5.32 Å². The summed E-state index contributed by atoms with van der Waals surface area (Å²) in [5.41, 5.74) is 1.92. The minimum atomic E-state index is -0.614. The van der Waals surface area contributed by atoms with Crippen LogP contribution < -0.4 is 5.32 Å². The van der Waals surface area contributed by atoms with E-state index in [0.717, 1.165) is 11.1 Å². The van der Waals surface area contributed by atoms with E-state index in [9.17, 15) is 9.90 Å². The molecule has 2 heterocycles. The quantitative estimate of drug-likeness (QED) is 0.873. The molecule has 1 aliphatic heterocycles. The lowest BCUT2D eigenvalue weighted by Gasteiger charge is -2.36. The molecule has 6 heteroatoms. The molecule has 25 heavy (non-hydrogen) atoms. The number of carbonyl (C=O) groups excluding carboxylic acids is 1. The van der Waals surface area contributed by atoms with Crippen molar-refractivity contribution in [3.63, 3.8) is 0 Å². The highest BCUT2D eigenvalue weighted by Crippen LogP contribution is 2.22. The van der Waals surface area contributed by atoms with Gasteiger partial charge in [-0.3, -0.25) is 0 Å². The minimum Gasteiger partial charge on any atom is -0.388 e. The number of nitrogens with one attached hydrogen (secondary N) is 1. The van der Waals surface area contributed by atoms with Gasteiger partial charge in [-0.25, -0.2) is 4.79 Å². The average molecular weight is 343 g/mol. The molecule has 1 saturated heterocycles. The second kappa shape index (κ2) is 8.18. The van der Waals surface area contributed by atoms with E-state index < -0.39 is 6.10 Å². The summed E-state index contributed by atoms with van der Waals surface area (Å²) in [5.74, 6) is 0. The predicted molar refractivity (Wildman–Crippen MR) is 95.0 cm³/mol. The molecule has 3 rings (SSSR count). The van der Waals surface area contributed by atoms with Crippen molar-refractivity contribution in [2.75, 3.05) is 19.8 Å². The third-order valence-electron chi connectivity index (χ3n) is 4.51. The zero-order chi connectivity index (χ0) is 17.6. The number of ether oxygens (including phenoxy) is 1. The van der Waals surface area contributed by atoms with Crippen LogP contribution in [0.3, 0.4) is 0 Å². The van der Waals surface area contributed by atoms with Crippen molar-refractivity contribution < 1.29 is 14.6 Å². The maximum absolute atomic E-state index is 12.6. The number of benzene rings is 1. The first-order valence-electron chi connectivity index (χ1n) is 8.59. The van der Waals surface area contributed by atoms with E-state index in [1.165, 1.54) is 0 Å². The number of aliphatic hydroxyl groups is 1. The molecule has 2 atom stereocenters. The van der Waals surface area contributed by atoms with Crippen LogP contribution in [0.15, 0.2) is 48.8 Å². The predicted octanol–water partition coefficient (Wildman–Crippen LogP) is 2.06. The van der Waals surface area contributed by atoms with Gasteiger partial charge in [-0.1, -0.05) is 30.3 Å². The Balaban J connectivity index is 1.59. The number of aliphatic hydroxyl groups excluding tert-OH is 1. The zero-order valence-corrected chi connectivity index (χ0v) is 14.5. The van der Waals surface area contributed by atoms with Crippen molar-refractivity contribution in [1.82, 2.24) is 14.8 Å². The molecule has 0 aliphatic carbocycles. The third-order valence-corrected chi connectivity index (χ3v) is 4.51. The van der Waals surface area contributed by atoms with Gasteiger partial charge in [0.1, 0.15) is 0 Å². The summed E-state index contributed by atoms with van der Waals surface area (Å²) >= 11 is 0. The van der Waals surface area contributed by atoms with Gasteiger partial charge in [0.05, 0.1) is 25.4 Å². The van der Waals surface area contributed by atoms with Gasteiger partial charge >= 0.3 is 6.03 Å². The van der Waals surface area contributed by atoms with Crippen LogP contribution in [0, 0.1) is 0 Å². The molecule has 0 bridgehead atoms. The smallest absolute Gasteiger partial charge is 0.318 e. The lowest BCUT2D eigenvalue weighted by Crippen LogP contribution is -2.52. The second-order valence-electron chi connectivity index (χ2n) is 6.43. The topological polar surface area (TPSA) is 66.7 Å². The van der Waals surface area contributed by atoms with Crippen LogP contribution in [-0.2, 0) is 18.3 Å². The Bertz CT molecular complexity index is 686. The molecular weight excluding hydrogens is 318 g/mol. The van der Waals surface area contributed by atoms with Crippen molar-refractivity contribution in [3.8, 4) is 0 Å². The van der Waals surface area contributed by atoms with E-state index >= 15 is 0 Å². The van der Waals surface area contributed by atoms with Crippen LogP contribution in [0.1, 0.15) is 23.7 Å². The largest absolute Gasteiger partial charge is 0.388 e. The van der Waals surface area contributed by atoms with Gasteiger partial charge in [-0.15, -0.1) is 0 Å². The SMILES string of the molecule is Cn1ccc(CNC(=O)N2CCOC[C@H]2C[C@@H](O)c2ccccc2)c1. The number of hydrogen-bond acceptors (Lipinski definition) is 3. The summed E-state index contributed by atoms with van der Waals surface area (Å²) in [6, 6.07) is 11.2. The number of aryl methyl sites for hydroxylation is 1. The number of rotatable bonds is 5. The third kappa shape index (κ3) is 4.61. The lowest BCUT2D eigenvalue weighted by molar-refractivity contribution is -0.00698. The number of aromatic nitrogens is 1. The van der Waals surface area contributed by atoms with Gasteiger partial charge in [0.25, 0.3) is 0 Å². The summed E-state index contributed by atoms with van der Waals surface area (Å²) in [4.78, 5) is 14.4. The fourth-order valence-corrected chi connectivity index (χ4v) is 3.13. The molecular formula is C19H25N3O3. The van der Waals surface area contributed by atoms with Crippen LogP contribution >= 0.6 is 0 Å². The number of hydrogen-bond donors (Lipinski definition) is 2. The molecule has 1 fully saturated rings. The van der Waals surface area contributed by atoms with Gasteiger partial charge in [-0.2, -0.15) is 0 Å². The highest BCUT2D eigenvalue weighted by Gasteiger charge is 2.29. The van der Waals surface area contributed by atoms with Crippen molar-refractivity contribution in [2.24, 2.45) is 7.05 Å². The molecule has 2 aromatic rings. The van der Waals surface area contributed by atoms with E-state index in [1.54, 1.807) is 4.90 Å². The van der Waals surface area contributed by atoms with Crippen molar-refractivity contribution in [2.45, 2.75) is 25.1 Å². The van der Waals surface area contributed by atoms with Gasteiger partial charge in [0.15, 0.2) is 0 Å². The maximum atomic E-state index is 12.6. The first kappa shape index (κ1) is 17.5. The fraction of sp³-hybridized carbons (Fsp3) is 0.421. The molecule has 0 saturated carbocycles. The molecule has 1 aliphatic rings. The van der Waals surface area contributed by atoms with E-state index in [4.69, 9.17) is 4.74 Å². The first-order valence-corrected chi connectivity index (χ1v) is 8.59. The molecule has 0 spiro atoms. The maximum Gasteiger partial charge on any atom is 0.318 e. The first-order chi connectivity index (χ1) is 12.1. The monoisotopic (exact) mass is 343 g/mol. The average Bonchev–Trinajstić information content (AvgIpc) is 3.06. The molecule has 2 N–H and O–H groups in total. The van der Waals surface area contributed by atoms with E-state index in [1.807, 2.05) is 60.4 Å². The Morgan fingerprint density at radius 3 is 2.88 bits per heavy atom. The number of amides is 2. The van der Waals surface area contributed by atoms with Crippen molar-refractivity contribution >= 4 is 6.03 Å². The van der Waals surface area contributed by atoms with Gasteiger partial charge < -0.3 is 24.6 Å². The van der Waals surface area contributed by atoms with Crippen LogP contribution in [-0.4, -0.2) is 46.4 Å². The molecule has 1 aromatic carbocycles.